The summed E-state index contributed by atoms with van der Waals surface area (Å²) in [5, 5.41) is 0. The summed E-state index contributed by atoms with van der Waals surface area (Å²) >= 11 is 9.36. The Balaban J connectivity index is 2.01. The van der Waals surface area contributed by atoms with Crippen molar-refractivity contribution in [2.24, 2.45) is 0 Å². The van der Waals surface area contributed by atoms with E-state index < -0.39 is 0 Å². The molecular formula is C12H17BrClN3. The minimum absolute atomic E-state index is 0.721. The van der Waals surface area contributed by atoms with E-state index in [0.717, 1.165) is 43.1 Å². The van der Waals surface area contributed by atoms with Crippen LogP contribution in [0.15, 0.2) is 22.9 Å². The van der Waals surface area contributed by atoms with Gasteiger partial charge in [0, 0.05) is 44.5 Å². The van der Waals surface area contributed by atoms with E-state index in [1.807, 2.05) is 12.4 Å². The van der Waals surface area contributed by atoms with Crippen molar-refractivity contribution < 1.29 is 0 Å². The van der Waals surface area contributed by atoms with E-state index >= 15 is 0 Å². The maximum absolute atomic E-state index is 5.80. The lowest BCUT2D eigenvalue weighted by Crippen LogP contribution is -2.32. The van der Waals surface area contributed by atoms with Gasteiger partial charge in [0.2, 0.25) is 0 Å². The number of anilines is 1. The molecule has 0 bridgehead atoms. The van der Waals surface area contributed by atoms with Crippen LogP contribution in [0.25, 0.3) is 0 Å². The van der Waals surface area contributed by atoms with Crippen molar-refractivity contribution >= 4 is 33.2 Å². The van der Waals surface area contributed by atoms with E-state index in [1.54, 1.807) is 0 Å². The smallest absolute Gasteiger partial charge is 0.0592 e. The van der Waals surface area contributed by atoms with Gasteiger partial charge in [0.1, 0.15) is 0 Å². The van der Waals surface area contributed by atoms with Gasteiger partial charge < -0.3 is 9.80 Å². The van der Waals surface area contributed by atoms with Crippen LogP contribution in [-0.4, -0.2) is 48.5 Å². The van der Waals surface area contributed by atoms with Gasteiger partial charge in [0.25, 0.3) is 0 Å². The Kier molecular flexibility index (Phi) is 5.07. The Labute approximate surface area is 116 Å². The maximum Gasteiger partial charge on any atom is 0.0592 e. The van der Waals surface area contributed by atoms with Crippen molar-refractivity contribution in [2.45, 2.75) is 6.42 Å². The third-order valence-electron chi connectivity index (χ3n) is 3.08. The second-order valence-corrected chi connectivity index (χ2v) is 5.43. The molecule has 1 aliphatic heterocycles. The number of hydrogen-bond donors (Lipinski definition) is 0. The van der Waals surface area contributed by atoms with E-state index in [-0.39, 0.29) is 0 Å². The number of halogens is 2. The van der Waals surface area contributed by atoms with Gasteiger partial charge in [0.05, 0.1) is 10.2 Å². The van der Waals surface area contributed by atoms with Gasteiger partial charge in [-0.3, -0.25) is 4.98 Å². The van der Waals surface area contributed by atoms with E-state index in [1.165, 1.54) is 12.1 Å². The van der Waals surface area contributed by atoms with Gasteiger partial charge in [-0.15, -0.1) is 11.6 Å². The summed E-state index contributed by atoms with van der Waals surface area (Å²) in [6, 6.07) is 2.07. The van der Waals surface area contributed by atoms with Crippen molar-refractivity contribution in [3.63, 3.8) is 0 Å². The molecule has 0 amide bonds. The van der Waals surface area contributed by atoms with E-state index in [4.69, 9.17) is 11.6 Å². The fraction of sp³-hybridized carbons (Fsp3) is 0.583. The SMILES string of the molecule is ClCCN1CCCN(c2ccncc2Br)CC1. The largest absolute Gasteiger partial charge is 0.369 e. The Bertz CT molecular complexity index is 361. The van der Waals surface area contributed by atoms with Gasteiger partial charge in [-0.2, -0.15) is 0 Å². The average Bonchev–Trinajstić information content (AvgIpc) is 2.56. The minimum atomic E-state index is 0.721. The molecule has 0 atom stereocenters. The summed E-state index contributed by atoms with van der Waals surface area (Å²) < 4.78 is 1.07. The first kappa shape index (κ1) is 13.1. The quantitative estimate of drug-likeness (QED) is 0.799. The molecule has 0 radical (unpaired) electrons. The third kappa shape index (κ3) is 3.57. The number of hydrogen-bond acceptors (Lipinski definition) is 3. The van der Waals surface area contributed by atoms with E-state index in [0.29, 0.717) is 0 Å². The second-order valence-electron chi connectivity index (χ2n) is 4.20. The lowest BCUT2D eigenvalue weighted by molar-refractivity contribution is 0.311. The van der Waals surface area contributed by atoms with Crippen LogP contribution in [0.2, 0.25) is 0 Å². The second kappa shape index (κ2) is 6.57. The zero-order chi connectivity index (χ0) is 12.1. The minimum Gasteiger partial charge on any atom is -0.369 e. The Morgan fingerprint density at radius 2 is 2.18 bits per heavy atom. The van der Waals surface area contributed by atoms with Crippen molar-refractivity contribution in [1.82, 2.24) is 9.88 Å². The maximum atomic E-state index is 5.80. The number of nitrogens with zero attached hydrogens (tertiary/aromatic N) is 3. The zero-order valence-corrected chi connectivity index (χ0v) is 12.1. The standard InChI is InChI=1S/C12H17BrClN3/c13-11-10-15-4-2-12(11)17-6-1-5-16(7-3-14)8-9-17/h2,4,10H,1,3,5-9H2. The van der Waals surface area contributed by atoms with Crippen LogP contribution in [0.5, 0.6) is 0 Å². The fourth-order valence-electron chi connectivity index (χ4n) is 2.18. The highest BCUT2D eigenvalue weighted by atomic mass is 79.9. The summed E-state index contributed by atoms with van der Waals surface area (Å²) in [6.45, 7) is 5.38. The fourth-order valence-corrected chi connectivity index (χ4v) is 2.92. The lowest BCUT2D eigenvalue weighted by Gasteiger charge is -2.24. The summed E-state index contributed by atoms with van der Waals surface area (Å²) in [7, 11) is 0. The lowest BCUT2D eigenvalue weighted by atomic mass is 10.3. The highest BCUT2D eigenvalue weighted by molar-refractivity contribution is 9.10. The molecule has 1 fully saturated rings. The molecule has 3 nitrogen and oxygen atoms in total. The normalized spacial score (nSPS) is 18.1. The van der Waals surface area contributed by atoms with E-state index in [9.17, 15) is 0 Å². The van der Waals surface area contributed by atoms with Crippen molar-refractivity contribution in [1.29, 1.82) is 0 Å². The monoisotopic (exact) mass is 317 g/mol. The molecule has 0 N–H and O–H groups in total. The van der Waals surface area contributed by atoms with Gasteiger partial charge in [0.15, 0.2) is 0 Å². The summed E-state index contributed by atoms with van der Waals surface area (Å²) in [4.78, 5) is 8.96. The zero-order valence-electron chi connectivity index (χ0n) is 9.78. The predicted octanol–water partition coefficient (Wildman–Crippen LogP) is 2.60. The summed E-state index contributed by atoms with van der Waals surface area (Å²) in [6.07, 6.45) is 4.89. The molecule has 2 rings (SSSR count). The van der Waals surface area contributed by atoms with Gasteiger partial charge >= 0.3 is 0 Å². The van der Waals surface area contributed by atoms with E-state index in [2.05, 4.69) is 36.8 Å². The Morgan fingerprint density at radius 1 is 1.29 bits per heavy atom. The third-order valence-corrected chi connectivity index (χ3v) is 3.86. The molecule has 0 spiro atoms. The van der Waals surface area contributed by atoms with Crippen LogP contribution in [-0.2, 0) is 0 Å². The molecule has 2 heterocycles. The number of aromatic nitrogens is 1. The van der Waals surface area contributed by atoms with Crippen LogP contribution in [0.1, 0.15) is 6.42 Å². The number of alkyl halides is 1. The number of pyridine rings is 1. The molecule has 94 valence electrons. The van der Waals surface area contributed by atoms with Crippen LogP contribution < -0.4 is 4.90 Å². The molecule has 1 saturated heterocycles. The molecule has 0 unspecified atom stereocenters. The molecule has 0 aromatic carbocycles. The van der Waals surface area contributed by atoms with Gasteiger partial charge in [-0.25, -0.2) is 0 Å². The van der Waals surface area contributed by atoms with Crippen LogP contribution in [0, 0.1) is 0 Å². The molecule has 17 heavy (non-hydrogen) atoms. The summed E-state index contributed by atoms with van der Waals surface area (Å²) in [5.41, 5.74) is 1.24. The molecule has 1 aromatic heterocycles. The van der Waals surface area contributed by atoms with Crippen molar-refractivity contribution in [2.75, 3.05) is 43.5 Å². The molecular weight excluding hydrogens is 302 g/mol. The first-order chi connectivity index (χ1) is 8.31. The molecule has 1 aromatic rings. The molecule has 0 saturated carbocycles. The molecule has 1 aliphatic rings. The van der Waals surface area contributed by atoms with Crippen LogP contribution in [0.4, 0.5) is 5.69 Å². The van der Waals surface area contributed by atoms with Crippen LogP contribution in [0.3, 0.4) is 0 Å². The summed E-state index contributed by atoms with van der Waals surface area (Å²) in [5.74, 6) is 0.721. The number of rotatable bonds is 3. The highest BCUT2D eigenvalue weighted by Gasteiger charge is 2.16. The Morgan fingerprint density at radius 3 is 2.94 bits per heavy atom. The van der Waals surface area contributed by atoms with Crippen molar-refractivity contribution in [3.8, 4) is 0 Å². The first-order valence-electron chi connectivity index (χ1n) is 5.94. The van der Waals surface area contributed by atoms with Crippen molar-refractivity contribution in [3.05, 3.63) is 22.9 Å². The highest BCUT2D eigenvalue weighted by Crippen LogP contribution is 2.25. The first-order valence-corrected chi connectivity index (χ1v) is 7.27. The topological polar surface area (TPSA) is 19.4 Å². The van der Waals surface area contributed by atoms with Crippen LogP contribution >= 0.6 is 27.5 Å². The van der Waals surface area contributed by atoms with Gasteiger partial charge in [-0.1, -0.05) is 0 Å². The average molecular weight is 319 g/mol. The molecule has 0 aliphatic carbocycles. The molecule has 5 heteroatoms. The predicted molar refractivity (Wildman–Crippen MR) is 75.9 cm³/mol. The Hall–Kier alpha value is -0.320. The van der Waals surface area contributed by atoms with Gasteiger partial charge in [-0.05, 0) is 35.0 Å².